The molecular formula is C31H38ClF. The Morgan fingerprint density at radius 1 is 0.788 bits per heavy atom. The summed E-state index contributed by atoms with van der Waals surface area (Å²) in [6.45, 7) is 2.29. The van der Waals surface area contributed by atoms with Crippen LogP contribution in [-0.4, -0.2) is 0 Å². The van der Waals surface area contributed by atoms with E-state index in [1.54, 1.807) is 0 Å². The van der Waals surface area contributed by atoms with Gasteiger partial charge in [-0.3, -0.25) is 0 Å². The topological polar surface area (TPSA) is 0 Å². The fourth-order valence-electron chi connectivity index (χ4n) is 5.57. The molecule has 0 N–H and O–H groups in total. The molecule has 1 fully saturated rings. The molecule has 1 saturated carbocycles. The van der Waals surface area contributed by atoms with Gasteiger partial charge in [-0.25, -0.2) is 4.39 Å². The maximum absolute atomic E-state index is 15.2. The number of benzene rings is 3. The van der Waals surface area contributed by atoms with Gasteiger partial charge in [-0.1, -0.05) is 125 Å². The van der Waals surface area contributed by atoms with Crippen molar-refractivity contribution in [1.29, 1.82) is 0 Å². The zero-order valence-electron chi connectivity index (χ0n) is 20.1. The molecule has 1 aliphatic carbocycles. The SMILES string of the molecule is CCCCCCCC1CCC(CCc2ccc3c(F)c(-c4ccc(Cl)cc4)ccc3c2)CC1. The first-order valence-corrected chi connectivity index (χ1v) is 13.5. The first-order valence-electron chi connectivity index (χ1n) is 13.1. The minimum atomic E-state index is -0.144. The van der Waals surface area contributed by atoms with Crippen LogP contribution in [0.5, 0.6) is 0 Å². The Balaban J connectivity index is 1.29. The maximum atomic E-state index is 15.2. The molecule has 176 valence electrons. The monoisotopic (exact) mass is 464 g/mol. The Bertz CT molecular complexity index is 1020. The van der Waals surface area contributed by atoms with Crippen LogP contribution in [0.4, 0.5) is 4.39 Å². The molecule has 0 aromatic heterocycles. The predicted octanol–water partition coefficient (Wildman–Crippen LogP) is 10.4. The molecule has 0 amide bonds. The third-order valence-electron chi connectivity index (χ3n) is 7.70. The average Bonchev–Trinajstić information content (AvgIpc) is 2.84. The second kappa shape index (κ2) is 12.0. The van der Waals surface area contributed by atoms with Crippen molar-refractivity contribution in [3.05, 3.63) is 71.0 Å². The third-order valence-corrected chi connectivity index (χ3v) is 7.95. The van der Waals surface area contributed by atoms with Crippen LogP contribution in [0.1, 0.15) is 83.1 Å². The van der Waals surface area contributed by atoms with Crippen molar-refractivity contribution in [1.82, 2.24) is 0 Å². The van der Waals surface area contributed by atoms with E-state index in [4.69, 9.17) is 11.6 Å². The van der Waals surface area contributed by atoms with E-state index in [0.717, 1.165) is 29.2 Å². The molecule has 0 unspecified atom stereocenters. The molecule has 33 heavy (non-hydrogen) atoms. The number of aryl methyl sites for hydroxylation is 1. The van der Waals surface area contributed by atoms with Crippen molar-refractivity contribution in [3.8, 4) is 11.1 Å². The minimum absolute atomic E-state index is 0.144. The number of hydrogen-bond acceptors (Lipinski definition) is 0. The van der Waals surface area contributed by atoms with Gasteiger partial charge in [-0.05, 0) is 53.3 Å². The lowest BCUT2D eigenvalue weighted by atomic mass is 9.77. The second-order valence-electron chi connectivity index (χ2n) is 10.1. The summed E-state index contributed by atoms with van der Waals surface area (Å²) in [7, 11) is 0. The lowest BCUT2D eigenvalue weighted by molar-refractivity contribution is 0.249. The fourth-order valence-corrected chi connectivity index (χ4v) is 5.69. The highest BCUT2D eigenvalue weighted by molar-refractivity contribution is 6.30. The highest BCUT2D eigenvalue weighted by Crippen LogP contribution is 2.35. The van der Waals surface area contributed by atoms with Gasteiger partial charge in [-0.15, -0.1) is 0 Å². The van der Waals surface area contributed by atoms with Crippen molar-refractivity contribution < 1.29 is 4.39 Å². The van der Waals surface area contributed by atoms with E-state index < -0.39 is 0 Å². The molecule has 0 nitrogen and oxygen atoms in total. The molecule has 4 rings (SSSR count). The first-order chi connectivity index (χ1) is 16.1. The number of halogens is 2. The normalized spacial score (nSPS) is 18.6. The van der Waals surface area contributed by atoms with Gasteiger partial charge in [0.1, 0.15) is 5.82 Å². The van der Waals surface area contributed by atoms with E-state index in [9.17, 15) is 0 Å². The van der Waals surface area contributed by atoms with Crippen LogP contribution in [0.3, 0.4) is 0 Å². The summed E-state index contributed by atoms with van der Waals surface area (Å²) in [5.41, 5.74) is 2.83. The van der Waals surface area contributed by atoms with Crippen LogP contribution in [0.15, 0.2) is 54.6 Å². The smallest absolute Gasteiger partial charge is 0.138 e. The molecule has 3 aromatic carbocycles. The van der Waals surface area contributed by atoms with Crippen LogP contribution >= 0.6 is 11.6 Å². The summed E-state index contributed by atoms with van der Waals surface area (Å²) in [6.07, 6.45) is 16.5. The van der Waals surface area contributed by atoms with E-state index in [1.807, 2.05) is 36.4 Å². The Morgan fingerprint density at radius 2 is 1.48 bits per heavy atom. The predicted molar refractivity (Wildman–Crippen MR) is 141 cm³/mol. The van der Waals surface area contributed by atoms with E-state index >= 15 is 4.39 Å². The molecule has 0 spiro atoms. The summed E-state index contributed by atoms with van der Waals surface area (Å²) >= 11 is 5.99. The van der Waals surface area contributed by atoms with Crippen molar-refractivity contribution in [2.24, 2.45) is 11.8 Å². The van der Waals surface area contributed by atoms with Gasteiger partial charge in [0.2, 0.25) is 0 Å². The number of unbranched alkanes of at least 4 members (excludes halogenated alkanes) is 4. The Kier molecular flexibility index (Phi) is 8.84. The molecule has 0 aliphatic heterocycles. The molecule has 0 bridgehead atoms. The highest BCUT2D eigenvalue weighted by Gasteiger charge is 2.20. The van der Waals surface area contributed by atoms with E-state index in [1.165, 1.54) is 76.2 Å². The van der Waals surface area contributed by atoms with E-state index in [0.29, 0.717) is 16.0 Å². The van der Waals surface area contributed by atoms with Gasteiger partial charge < -0.3 is 0 Å². The van der Waals surface area contributed by atoms with E-state index in [-0.39, 0.29) is 5.82 Å². The maximum Gasteiger partial charge on any atom is 0.138 e. The van der Waals surface area contributed by atoms with Crippen molar-refractivity contribution >= 4 is 22.4 Å². The standard InChI is InChI=1S/C31H38ClF/c1-2-3-4-5-6-7-23-8-10-24(11-9-23)12-13-25-14-20-30-27(22-25)17-21-29(31(30)33)26-15-18-28(32)19-16-26/h14-24H,2-13H2,1H3. The number of fused-ring (bicyclic) bond motifs is 1. The van der Waals surface area contributed by atoms with Crippen molar-refractivity contribution in [2.75, 3.05) is 0 Å². The van der Waals surface area contributed by atoms with Gasteiger partial charge in [-0.2, -0.15) is 0 Å². The summed E-state index contributed by atoms with van der Waals surface area (Å²) in [5, 5.41) is 2.36. The molecule has 1 aliphatic rings. The van der Waals surface area contributed by atoms with Crippen molar-refractivity contribution in [2.45, 2.75) is 84.0 Å². The first kappa shape index (κ1) is 24.3. The Labute approximate surface area is 204 Å². The molecule has 0 atom stereocenters. The van der Waals surface area contributed by atoms with Crippen LogP contribution in [0.25, 0.3) is 21.9 Å². The van der Waals surface area contributed by atoms with Crippen molar-refractivity contribution in [3.63, 3.8) is 0 Å². The summed E-state index contributed by atoms with van der Waals surface area (Å²) in [4.78, 5) is 0. The summed E-state index contributed by atoms with van der Waals surface area (Å²) in [6, 6.07) is 17.6. The molecule has 0 heterocycles. The van der Waals surface area contributed by atoms with Crippen LogP contribution in [0.2, 0.25) is 5.02 Å². The summed E-state index contributed by atoms with van der Waals surface area (Å²) < 4.78 is 15.2. The minimum Gasteiger partial charge on any atom is -0.206 e. The van der Waals surface area contributed by atoms with Gasteiger partial charge in [0, 0.05) is 16.0 Å². The van der Waals surface area contributed by atoms with Crippen LogP contribution in [-0.2, 0) is 6.42 Å². The number of rotatable bonds is 10. The molecule has 0 radical (unpaired) electrons. The zero-order chi connectivity index (χ0) is 23.0. The van der Waals surface area contributed by atoms with Gasteiger partial charge >= 0.3 is 0 Å². The lowest BCUT2D eigenvalue weighted by Gasteiger charge is -2.28. The Morgan fingerprint density at radius 3 is 2.21 bits per heavy atom. The fraction of sp³-hybridized carbons (Fsp3) is 0.484. The molecule has 0 saturated heterocycles. The highest BCUT2D eigenvalue weighted by atomic mass is 35.5. The lowest BCUT2D eigenvalue weighted by Crippen LogP contribution is -2.15. The van der Waals surface area contributed by atoms with Gasteiger partial charge in [0.15, 0.2) is 0 Å². The summed E-state index contributed by atoms with van der Waals surface area (Å²) in [5.74, 6) is 1.69. The quantitative estimate of drug-likeness (QED) is 0.262. The average molecular weight is 465 g/mol. The van der Waals surface area contributed by atoms with Gasteiger partial charge in [0.25, 0.3) is 0 Å². The van der Waals surface area contributed by atoms with Gasteiger partial charge in [0.05, 0.1) is 0 Å². The second-order valence-corrected chi connectivity index (χ2v) is 10.6. The number of hydrogen-bond donors (Lipinski definition) is 0. The Hall–Kier alpha value is -1.86. The third kappa shape index (κ3) is 6.60. The molecule has 3 aromatic rings. The molecule has 2 heteroatoms. The van der Waals surface area contributed by atoms with Crippen LogP contribution in [0, 0.1) is 17.7 Å². The zero-order valence-corrected chi connectivity index (χ0v) is 20.8. The van der Waals surface area contributed by atoms with E-state index in [2.05, 4.69) is 25.1 Å². The van der Waals surface area contributed by atoms with Crippen LogP contribution < -0.4 is 0 Å². The molecular weight excluding hydrogens is 427 g/mol. The largest absolute Gasteiger partial charge is 0.206 e.